The van der Waals surface area contributed by atoms with E-state index in [-0.39, 0.29) is 24.5 Å². The highest BCUT2D eigenvalue weighted by Gasteiger charge is 2.33. The normalized spacial score (nSPS) is 16.7. The molecule has 1 amide bonds. The third kappa shape index (κ3) is 5.53. The maximum Gasteiger partial charge on any atom is 0.317 e. The van der Waals surface area contributed by atoms with E-state index < -0.39 is 5.97 Å². The van der Waals surface area contributed by atoms with Crippen LogP contribution in [0.15, 0.2) is 30.3 Å². The van der Waals surface area contributed by atoms with Crippen molar-refractivity contribution in [1.82, 2.24) is 14.7 Å². The van der Waals surface area contributed by atoms with Gasteiger partial charge in [0.05, 0.1) is 6.54 Å². The standard InChI is InChI=1S/C21H33N3O3/c1-4-22(5-2)20(17-10-8-7-9-11-17)21(27)24-14-12-18(13-15-24)23(6-3)16-19(25)26/h7-11,18,20H,4-6,12-16H2,1-3H3,(H,25,26). The first-order valence-corrected chi connectivity index (χ1v) is 10.0. The molecule has 1 unspecified atom stereocenters. The first-order valence-electron chi connectivity index (χ1n) is 10.0. The molecule has 1 N–H and O–H groups in total. The van der Waals surface area contributed by atoms with Crippen molar-refractivity contribution in [3.8, 4) is 0 Å². The van der Waals surface area contributed by atoms with Crippen LogP contribution >= 0.6 is 0 Å². The van der Waals surface area contributed by atoms with E-state index in [9.17, 15) is 9.59 Å². The zero-order valence-corrected chi connectivity index (χ0v) is 16.8. The highest BCUT2D eigenvalue weighted by Crippen LogP contribution is 2.26. The highest BCUT2D eigenvalue weighted by atomic mass is 16.4. The molecule has 0 spiro atoms. The van der Waals surface area contributed by atoms with Gasteiger partial charge in [0.1, 0.15) is 6.04 Å². The van der Waals surface area contributed by atoms with E-state index in [4.69, 9.17) is 5.11 Å². The molecular weight excluding hydrogens is 342 g/mol. The zero-order valence-electron chi connectivity index (χ0n) is 16.8. The third-order valence-corrected chi connectivity index (χ3v) is 5.56. The van der Waals surface area contributed by atoms with Crippen molar-refractivity contribution in [3.05, 3.63) is 35.9 Å². The summed E-state index contributed by atoms with van der Waals surface area (Å²) in [4.78, 5) is 30.6. The molecule has 6 heteroatoms. The van der Waals surface area contributed by atoms with Crippen molar-refractivity contribution >= 4 is 11.9 Å². The Morgan fingerprint density at radius 1 is 1.07 bits per heavy atom. The van der Waals surface area contributed by atoms with Crippen molar-refractivity contribution < 1.29 is 14.7 Å². The Kier molecular flexibility index (Phi) is 8.25. The Hall–Kier alpha value is -1.92. The Balaban J connectivity index is 2.08. The lowest BCUT2D eigenvalue weighted by Crippen LogP contribution is -2.50. The van der Waals surface area contributed by atoms with Gasteiger partial charge in [-0.1, -0.05) is 51.1 Å². The lowest BCUT2D eigenvalue weighted by atomic mass is 9.99. The second kappa shape index (κ2) is 10.4. The summed E-state index contributed by atoms with van der Waals surface area (Å²) >= 11 is 0. The van der Waals surface area contributed by atoms with Gasteiger partial charge in [-0.05, 0) is 38.0 Å². The van der Waals surface area contributed by atoms with Gasteiger partial charge in [0.25, 0.3) is 0 Å². The summed E-state index contributed by atoms with van der Waals surface area (Å²) in [7, 11) is 0. The smallest absolute Gasteiger partial charge is 0.317 e. The fraction of sp³-hybridized carbons (Fsp3) is 0.619. The summed E-state index contributed by atoms with van der Waals surface area (Å²) in [6.07, 6.45) is 1.65. The van der Waals surface area contributed by atoms with Gasteiger partial charge in [-0.2, -0.15) is 0 Å². The molecule has 27 heavy (non-hydrogen) atoms. The number of likely N-dealkylation sites (tertiary alicyclic amines) is 1. The van der Waals surface area contributed by atoms with Gasteiger partial charge in [-0.3, -0.25) is 19.4 Å². The minimum absolute atomic E-state index is 0.0706. The first kappa shape index (κ1) is 21.4. The number of carbonyl (C=O) groups excluding carboxylic acids is 1. The predicted octanol–water partition coefficient (Wildman–Crippen LogP) is 2.47. The number of amides is 1. The summed E-state index contributed by atoms with van der Waals surface area (Å²) in [6.45, 7) is 9.97. The van der Waals surface area contributed by atoms with E-state index in [1.54, 1.807) is 0 Å². The van der Waals surface area contributed by atoms with Crippen LogP contribution in [0.1, 0.15) is 45.2 Å². The van der Waals surface area contributed by atoms with Crippen molar-refractivity contribution in [3.63, 3.8) is 0 Å². The van der Waals surface area contributed by atoms with Crippen LogP contribution in [0, 0.1) is 0 Å². The molecule has 0 aliphatic carbocycles. The van der Waals surface area contributed by atoms with Crippen LogP contribution in [0.3, 0.4) is 0 Å². The van der Waals surface area contributed by atoms with Gasteiger partial charge >= 0.3 is 5.97 Å². The Labute approximate surface area is 162 Å². The molecule has 1 heterocycles. The second-order valence-corrected chi connectivity index (χ2v) is 7.05. The van der Waals surface area contributed by atoms with Crippen LogP contribution in [0.5, 0.6) is 0 Å². The summed E-state index contributed by atoms with van der Waals surface area (Å²) in [5, 5.41) is 9.09. The fourth-order valence-electron chi connectivity index (χ4n) is 4.03. The molecule has 1 aromatic carbocycles. The topological polar surface area (TPSA) is 64.1 Å². The van der Waals surface area contributed by atoms with Gasteiger partial charge < -0.3 is 10.0 Å². The van der Waals surface area contributed by atoms with E-state index in [2.05, 4.69) is 18.7 Å². The molecule has 0 saturated carbocycles. The third-order valence-electron chi connectivity index (χ3n) is 5.56. The summed E-state index contributed by atoms with van der Waals surface area (Å²) in [6, 6.07) is 9.98. The van der Waals surface area contributed by atoms with E-state index in [1.807, 2.05) is 47.1 Å². The zero-order chi connectivity index (χ0) is 19.8. The van der Waals surface area contributed by atoms with Crippen molar-refractivity contribution in [1.29, 1.82) is 0 Å². The van der Waals surface area contributed by atoms with Gasteiger partial charge in [0, 0.05) is 19.1 Å². The molecule has 1 atom stereocenters. The Morgan fingerprint density at radius 3 is 2.15 bits per heavy atom. The van der Waals surface area contributed by atoms with E-state index >= 15 is 0 Å². The average molecular weight is 376 g/mol. The molecule has 0 aromatic heterocycles. The van der Waals surface area contributed by atoms with Crippen LogP contribution in [0.2, 0.25) is 0 Å². The Bertz CT molecular complexity index is 596. The molecule has 6 nitrogen and oxygen atoms in total. The number of hydrogen-bond acceptors (Lipinski definition) is 4. The quantitative estimate of drug-likeness (QED) is 0.718. The summed E-state index contributed by atoms with van der Waals surface area (Å²) < 4.78 is 0. The molecule has 150 valence electrons. The SMILES string of the molecule is CCN(CC(=O)O)C1CCN(C(=O)C(c2ccccc2)N(CC)CC)CC1. The monoisotopic (exact) mass is 375 g/mol. The molecule has 2 rings (SSSR count). The number of nitrogens with zero attached hydrogens (tertiary/aromatic N) is 3. The maximum atomic E-state index is 13.4. The minimum Gasteiger partial charge on any atom is -0.480 e. The number of carbonyl (C=O) groups is 2. The second-order valence-electron chi connectivity index (χ2n) is 7.05. The van der Waals surface area contributed by atoms with Gasteiger partial charge in [0.15, 0.2) is 0 Å². The molecule has 0 radical (unpaired) electrons. The molecule has 1 aliphatic rings. The lowest BCUT2D eigenvalue weighted by molar-refractivity contribution is -0.142. The molecular formula is C21H33N3O3. The van der Waals surface area contributed by atoms with Gasteiger partial charge in [-0.25, -0.2) is 0 Å². The van der Waals surface area contributed by atoms with E-state index in [1.165, 1.54) is 0 Å². The number of rotatable bonds is 9. The number of benzene rings is 1. The molecule has 1 aromatic rings. The fourth-order valence-corrected chi connectivity index (χ4v) is 4.03. The van der Waals surface area contributed by atoms with Crippen LogP contribution in [-0.2, 0) is 9.59 Å². The summed E-state index contributed by atoms with van der Waals surface area (Å²) in [5.41, 5.74) is 1.04. The summed E-state index contributed by atoms with van der Waals surface area (Å²) in [5.74, 6) is -0.634. The van der Waals surface area contributed by atoms with E-state index in [0.717, 1.165) is 38.0 Å². The number of carboxylic acids is 1. The average Bonchev–Trinajstić information content (AvgIpc) is 2.70. The first-order chi connectivity index (χ1) is 13.0. The maximum absolute atomic E-state index is 13.4. The molecule has 0 bridgehead atoms. The van der Waals surface area contributed by atoms with Crippen molar-refractivity contribution in [2.24, 2.45) is 0 Å². The predicted molar refractivity (Wildman–Crippen MR) is 107 cm³/mol. The van der Waals surface area contributed by atoms with Crippen LogP contribution in [-0.4, -0.2) is 77.0 Å². The van der Waals surface area contributed by atoms with E-state index in [0.29, 0.717) is 13.1 Å². The highest BCUT2D eigenvalue weighted by molar-refractivity contribution is 5.83. The number of hydrogen-bond donors (Lipinski definition) is 1. The molecule has 1 saturated heterocycles. The number of piperidine rings is 1. The van der Waals surface area contributed by atoms with Crippen LogP contribution in [0.25, 0.3) is 0 Å². The number of likely N-dealkylation sites (N-methyl/N-ethyl adjacent to an activating group) is 2. The van der Waals surface area contributed by atoms with Crippen molar-refractivity contribution in [2.75, 3.05) is 39.3 Å². The van der Waals surface area contributed by atoms with Crippen LogP contribution in [0.4, 0.5) is 0 Å². The number of carboxylic acid groups (broad SMARTS) is 1. The molecule has 1 fully saturated rings. The number of aliphatic carboxylic acids is 1. The van der Waals surface area contributed by atoms with Gasteiger partial charge in [0.2, 0.25) is 5.91 Å². The lowest BCUT2D eigenvalue weighted by Gasteiger charge is -2.40. The minimum atomic E-state index is -0.791. The van der Waals surface area contributed by atoms with Crippen LogP contribution < -0.4 is 0 Å². The Morgan fingerprint density at radius 2 is 1.67 bits per heavy atom. The van der Waals surface area contributed by atoms with Crippen molar-refractivity contribution in [2.45, 2.75) is 45.7 Å². The van der Waals surface area contributed by atoms with Gasteiger partial charge in [-0.15, -0.1) is 0 Å². The molecule has 1 aliphatic heterocycles. The largest absolute Gasteiger partial charge is 0.480 e.